The predicted octanol–water partition coefficient (Wildman–Crippen LogP) is 1.27. The molecule has 0 saturated carbocycles. The van der Waals surface area contributed by atoms with Crippen molar-refractivity contribution in [1.82, 2.24) is 8.87 Å². The first-order valence-electron chi connectivity index (χ1n) is 8.03. The van der Waals surface area contributed by atoms with E-state index in [2.05, 4.69) is 5.32 Å². The quantitative estimate of drug-likeness (QED) is 0.869. The molecule has 1 saturated heterocycles. The van der Waals surface area contributed by atoms with Gasteiger partial charge in [-0.05, 0) is 37.1 Å². The molecule has 0 aliphatic carbocycles. The zero-order chi connectivity index (χ0) is 17.9. The molecule has 0 unspecified atom stereocenters. The number of aromatic nitrogens is 1. The largest absolute Gasteiger partial charge is 0.325 e. The third-order valence-corrected chi connectivity index (χ3v) is 5.95. The van der Waals surface area contributed by atoms with Gasteiger partial charge in [-0.1, -0.05) is 18.2 Å². The van der Waals surface area contributed by atoms with Crippen molar-refractivity contribution in [3.8, 4) is 0 Å². The van der Waals surface area contributed by atoms with Gasteiger partial charge in [0.2, 0.25) is 15.9 Å². The monoisotopic (exact) mass is 361 g/mol. The number of carbonyl (C=O) groups excluding carboxylic acids is 1. The summed E-state index contributed by atoms with van der Waals surface area (Å²) in [5.41, 5.74) is -0.0704. The highest BCUT2D eigenvalue weighted by atomic mass is 32.2. The molecule has 132 valence electrons. The van der Waals surface area contributed by atoms with Crippen LogP contribution in [0.3, 0.4) is 0 Å². The maximum atomic E-state index is 12.6. The van der Waals surface area contributed by atoms with E-state index in [1.165, 1.54) is 22.6 Å². The smallest absolute Gasteiger partial charge is 0.271 e. The fourth-order valence-electron chi connectivity index (χ4n) is 2.78. The lowest BCUT2D eigenvalue weighted by Crippen LogP contribution is -2.36. The summed E-state index contributed by atoms with van der Waals surface area (Å²) in [6.07, 6.45) is 3.00. The van der Waals surface area contributed by atoms with Gasteiger partial charge in [0, 0.05) is 25.0 Å². The van der Waals surface area contributed by atoms with E-state index in [9.17, 15) is 18.0 Å². The van der Waals surface area contributed by atoms with Crippen LogP contribution in [0.15, 0.2) is 58.4 Å². The summed E-state index contributed by atoms with van der Waals surface area (Å²) in [4.78, 5) is 24.4. The van der Waals surface area contributed by atoms with Crippen LogP contribution in [0.4, 0.5) is 5.69 Å². The molecule has 1 aromatic carbocycles. The van der Waals surface area contributed by atoms with Crippen LogP contribution >= 0.6 is 0 Å². The average Bonchev–Trinajstić information content (AvgIpc) is 3.13. The number of para-hydroxylation sites is 1. The number of nitrogens with zero attached hydrogens (tertiary/aromatic N) is 2. The summed E-state index contributed by atoms with van der Waals surface area (Å²) in [7, 11) is -3.82. The summed E-state index contributed by atoms with van der Waals surface area (Å²) in [5.74, 6) is -0.399. The standard InChI is InChI=1S/C17H19N3O4S/c21-16(18-14-7-2-1-3-8-14)13-19-10-6-9-15(17(19)22)25(23,24)20-11-4-5-12-20/h1-3,6-10H,4-5,11-13H2,(H,18,21). The maximum Gasteiger partial charge on any atom is 0.271 e. The SMILES string of the molecule is O=C(Cn1cccc(S(=O)(=O)N2CCCC2)c1=O)Nc1ccccc1. The first-order chi connectivity index (χ1) is 12.0. The molecule has 1 amide bonds. The normalized spacial score (nSPS) is 15.2. The Kier molecular flexibility index (Phi) is 5.00. The highest BCUT2D eigenvalue weighted by Crippen LogP contribution is 2.18. The highest BCUT2D eigenvalue weighted by molar-refractivity contribution is 7.89. The van der Waals surface area contributed by atoms with E-state index in [-0.39, 0.29) is 11.4 Å². The molecule has 25 heavy (non-hydrogen) atoms. The molecule has 2 heterocycles. The zero-order valence-corrected chi connectivity index (χ0v) is 14.4. The number of sulfonamides is 1. The Morgan fingerprint density at radius 2 is 1.72 bits per heavy atom. The van der Waals surface area contributed by atoms with Crippen molar-refractivity contribution in [3.63, 3.8) is 0 Å². The van der Waals surface area contributed by atoms with Crippen molar-refractivity contribution in [2.45, 2.75) is 24.3 Å². The maximum absolute atomic E-state index is 12.6. The fraction of sp³-hybridized carbons (Fsp3) is 0.294. The van der Waals surface area contributed by atoms with Crippen molar-refractivity contribution in [1.29, 1.82) is 0 Å². The van der Waals surface area contributed by atoms with Crippen molar-refractivity contribution in [3.05, 3.63) is 59.0 Å². The van der Waals surface area contributed by atoms with Crippen LogP contribution in [0, 0.1) is 0 Å². The van der Waals surface area contributed by atoms with Gasteiger partial charge in [-0.25, -0.2) is 8.42 Å². The third kappa shape index (κ3) is 3.80. The van der Waals surface area contributed by atoms with E-state index >= 15 is 0 Å². The van der Waals surface area contributed by atoms with Crippen LogP contribution in [-0.2, 0) is 21.4 Å². The fourth-order valence-corrected chi connectivity index (χ4v) is 4.39. The van der Waals surface area contributed by atoms with Crippen LogP contribution in [0.1, 0.15) is 12.8 Å². The number of anilines is 1. The number of benzene rings is 1. The van der Waals surface area contributed by atoms with E-state index < -0.39 is 21.5 Å². The van der Waals surface area contributed by atoms with Crippen LogP contribution in [-0.4, -0.2) is 36.3 Å². The molecule has 0 radical (unpaired) electrons. The summed E-state index contributed by atoms with van der Waals surface area (Å²) < 4.78 is 27.6. The first-order valence-corrected chi connectivity index (χ1v) is 9.47. The molecule has 0 spiro atoms. The van der Waals surface area contributed by atoms with E-state index in [1.807, 2.05) is 6.07 Å². The second-order valence-corrected chi connectivity index (χ2v) is 7.74. The highest BCUT2D eigenvalue weighted by Gasteiger charge is 2.29. The van der Waals surface area contributed by atoms with Gasteiger partial charge in [-0.2, -0.15) is 4.31 Å². The van der Waals surface area contributed by atoms with Crippen LogP contribution in [0.5, 0.6) is 0 Å². The molecule has 3 rings (SSSR count). The van der Waals surface area contributed by atoms with E-state index in [1.54, 1.807) is 24.3 Å². The van der Waals surface area contributed by atoms with E-state index in [0.717, 1.165) is 17.4 Å². The number of nitrogens with one attached hydrogen (secondary N) is 1. The Labute approximate surface area is 145 Å². The molecule has 8 heteroatoms. The lowest BCUT2D eigenvalue weighted by atomic mass is 10.3. The molecule has 1 N–H and O–H groups in total. The zero-order valence-electron chi connectivity index (χ0n) is 13.6. The van der Waals surface area contributed by atoms with Gasteiger partial charge in [0.25, 0.3) is 5.56 Å². The molecule has 1 aliphatic rings. The van der Waals surface area contributed by atoms with Gasteiger partial charge in [0.15, 0.2) is 0 Å². The predicted molar refractivity (Wildman–Crippen MR) is 93.8 cm³/mol. The van der Waals surface area contributed by atoms with Crippen LogP contribution in [0.25, 0.3) is 0 Å². The van der Waals surface area contributed by atoms with Crippen molar-refractivity contribution >= 4 is 21.6 Å². The van der Waals surface area contributed by atoms with Gasteiger partial charge in [0.05, 0.1) is 0 Å². The molecular weight excluding hydrogens is 342 g/mol. The van der Waals surface area contributed by atoms with Crippen molar-refractivity contribution in [2.75, 3.05) is 18.4 Å². The minimum absolute atomic E-state index is 0.253. The van der Waals surface area contributed by atoms with Crippen LogP contribution < -0.4 is 10.9 Å². The Balaban J connectivity index is 1.82. The molecular formula is C17H19N3O4S. The third-order valence-electron chi connectivity index (χ3n) is 4.04. The number of rotatable bonds is 5. The second-order valence-electron chi connectivity index (χ2n) is 5.83. The summed E-state index contributed by atoms with van der Waals surface area (Å²) in [5, 5.41) is 2.67. The Morgan fingerprint density at radius 1 is 1.04 bits per heavy atom. The topological polar surface area (TPSA) is 88.5 Å². The summed E-state index contributed by atoms with van der Waals surface area (Å²) in [6, 6.07) is 11.6. The molecule has 0 atom stereocenters. The van der Waals surface area contributed by atoms with Gasteiger partial charge >= 0.3 is 0 Å². The lowest BCUT2D eigenvalue weighted by molar-refractivity contribution is -0.116. The van der Waals surface area contributed by atoms with Crippen molar-refractivity contribution in [2.24, 2.45) is 0 Å². The molecule has 1 aromatic heterocycles. The number of hydrogen-bond acceptors (Lipinski definition) is 4. The van der Waals surface area contributed by atoms with E-state index in [4.69, 9.17) is 0 Å². The second kappa shape index (κ2) is 7.20. The van der Waals surface area contributed by atoms with Crippen LogP contribution in [0.2, 0.25) is 0 Å². The molecule has 1 fully saturated rings. The molecule has 2 aromatic rings. The Bertz CT molecular complexity index is 916. The molecule has 0 bridgehead atoms. The number of hydrogen-bond donors (Lipinski definition) is 1. The minimum Gasteiger partial charge on any atom is -0.325 e. The Morgan fingerprint density at radius 3 is 2.40 bits per heavy atom. The minimum atomic E-state index is -3.82. The Hall–Kier alpha value is -2.45. The van der Waals surface area contributed by atoms with Crippen molar-refractivity contribution < 1.29 is 13.2 Å². The number of amides is 1. The molecule has 7 nitrogen and oxygen atoms in total. The van der Waals surface area contributed by atoms with Gasteiger partial charge in [-0.15, -0.1) is 0 Å². The number of pyridine rings is 1. The van der Waals surface area contributed by atoms with Gasteiger partial charge in [-0.3, -0.25) is 9.59 Å². The first kappa shape index (κ1) is 17.4. The average molecular weight is 361 g/mol. The van der Waals surface area contributed by atoms with Gasteiger partial charge in [0.1, 0.15) is 11.4 Å². The lowest BCUT2D eigenvalue weighted by Gasteiger charge is -2.16. The molecule has 1 aliphatic heterocycles. The summed E-state index contributed by atoms with van der Waals surface area (Å²) >= 11 is 0. The van der Waals surface area contributed by atoms with Gasteiger partial charge < -0.3 is 9.88 Å². The summed E-state index contributed by atoms with van der Waals surface area (Å²) in [6.45, 7) is 0.591. The number of carbonyl (C=O) groups is 1. The van der Waals surface area contributed by atoms with E-state index in [0.29, 0.717) is 18.8 Å².